The molecule has 0 heterocycles. The Kier molecular flexibility index (Phi) is 3.78. The molecule has 0 aromatic heterocycles. The predicted octanol–water partition coefficient (Wildman–Crippen LogP) is 0.647. The number of carbonyl (C=O) groups excluding carboxylic acids is 1. The lowest BCUT2D eigenvalue weighted by Crippen LogP contribution is -2.19. The van der Waals surface area contributed by atoms with Gasteiger partial charge in [-0.2, -0.15) is 0 Å². The van der Waals surface area contributed by atoms with Gasteiger partial charge in [0.25, 0.3) is 0 Å². The SMILES string of the molecule is CC(=O)NCC#Cc1cc(C)c(N)c(N)c1. The van der Waals surface area contributed by atoms with E-state index in [2.05, 4.69) is 17.2 Å². The average molecular weight is 217 g/mol. The van der Waals surface area contributed by atoms with Crippen LogP contribution in [0.5, 0.6) is 0 Å². The van der Waals surface area contributed by atoms with Gasteiger partial charge in [0.15, 0.2) is 0 Å². The second kappa shape index (κ2) is 5.08. The van der Waals surface area contributed by atoms with Gasteiger partial charge in [-0.3, -0.25) is 4.79 Å². The van der Waals surface area contributed by atoms with Crippen LogP contribution in [0.2, 0.25) is 0 Å². The summed E-state index contributed by atoms with van der Waals surface area (Å²) in [6, 6.07) is 3.59. The molecule has 1 aromatic carbocycles. The number of nitrogens with two attached hydrogens (primary N) is 2. The predicted molar refractivity (Wildman–Crippen MR) is 65.6 cm³/mol. The van der Waals surface area contributed by atoms with Gasteiger partial charge in [-0.25, -0.2) is 0 Å². The molecule has 1 amide bonds. The zero-order valence-corrected chi connectivity index (χ0v) is 9.42. The molecular formula is C12H15N3O. The second-order valence-corrected chi connectivity index (χ2v) is 3.51. The molecule has 0 atom stereocenters. The van der Waals surface area contributed by atoms with Gasteiger partial charge in [-0.15, -0.1) is 0 Å². The number of hydrogen-bond donors (Lipinski definition) is 3. The Bertz CT molecular complexity index is 446. The highest BCUT2D eigenvalue weighted by Gasteiger charge is 1.99. The van der Waals surface area contributed by atoms with E-state index < -0.39 is 0 Å². The zero-order valence-electron chi connectivity index (χ0n) is 9.42. The van der Waals surface area contributed by atoms with Gasteiger partial charge in [0.05, 0.1) is 17.9 Å². The van der Waals surface area contributed by atoms with E-state index >= 15 is 0 Å². The van der Waals surface area contributed by atoms with Crippen molar-refractivity contribution in [1.29, 1.82) is 0 Å². The number of hydrogen-bond acceptors (Lipinski definition) is 3. The summed E-state index contributed by atoms with van der Waals surface area (Å²) in [6.45, 7) is 3.66. The number of nitrogens with one attached hydrogen (secondary N) is 1. The van der Waals surface area contributed by atoms with Crippen LogP contribution in [0.4, 0.5) is 11.4 Å². The molecule has 0 saturated carbocycles. The quantitative estimate of drug-likeness (QED) is 0.477. The van der Waals surface area contributed by atoms with Crippen LogP contribution in [-0.2, 0) is 4.79 Å². The third kappa shape index (κ3) is 3.21. The Morgan fingerprint density at radius 3 is 2.69 bits per heavy atom. The molecule has 0 aliphatic heterocycles. The minimum Gasteiger partial charge on any atom is -0.397 e. The van der Waals surface area contributed by atoms with Crippen LogP contribution in [-0.4, -0.2) is 12.5 Å². The van der Waals surface area contributed by atoms with Crippen LogP contribution in [0.25, 0.3) is 0 Å². The molecule has 0 bridgehead atoms. The average Bonchev–Trinajstić information content (AvgIpc) is 2.20. The zero-order chi connectivity index (χ0) is 12.1. The second-order valence-electron chi connectivity index (χ2n) is 3.51. The van der Waals surface area contributed by atoms with Gasteiger partial charge in [-0.1, -0.05) is 11.8 Å². The minimum absolute atomic E-state index is 0.0951. The first-order valence-electron chi connectivity index (χ1n) is 4.89. The lowest BCUT2D eigenvalue weighted by Gasteiger charge is -2.04. The smallest absolute Gasteiger partial charge is 0.217 e. The monoisotopic (exact) mass is 217 g/mol. The summed E-state index contributed by atoms with van der Waals surface area (Å²) in [5, 5.41) is 2.59. The molecule has 4 nitrogen and oxygen atoms in total. The molecule has 0 saturated heterocycles. The number of rotatable bonds is 1. The molecule has 0 spiro atoms. The Labute approximate surface area is 95.0 Å². The van der Waals surface area contributed by atoms with Crippen LogP contribution >= 0.6 is 0 Å². The van der Waals surface area contributed by atoms with E-state index in [1.165, 1.54) is 6.92 Å². The van der Waals surface area contributed by atoms with Crippen LogP contribution in [0.1, 0.15) is 18.1 Å². The fourth-order valence-corrected chi connectivity index (χ4v) is 1.21. The highest BCUT2D eigenvalue weighted by molar-refractivity contribution is 5.73. The fraction of sp³-hybridized carbons (Fsp3) is 0.250. The van der Waals surface area contributed by atoms with Crippen molar-refractivity contribution in [3.63, 3.8) is 0 Å². The van der Waals surface area contributed by atoms with E-state index in [0.717, 1.165) is 11.1 Å². The molecule has 0 aliphatic rings. The maximum atomic E-state index is 10.6. The van der Waals surface area contributed by atoms with E-state index in [4.69, 9.17) is 11.5 Å². The highest BCUT2D eigenvalue weighted by atomic mass is 16.1. The van der Waals surface area contributed by atoms with Crippen LogP contribution < -0.4 is 16.8 Å². The normalized spacial score (nSPS) is 9.12. The Hall–Kier alpha value is -2.15. The third-order valence-electron chi connectivity index (χ3n) is 2.08. The van der Waals surface area contributed by atoms with Gasteiger partial charge in [-0.05, 0) is 24.6 Å². The Morgan fingerprint density at radius 2 is 2.12 bits per heavy atom. The van der Waals surface area contributed by atoms with Crippen molar-refractivity contribution in [2.75, 3.05) is 18.0 Å². The van der Waals surface area contributed by atoms with E-state index in [9.17, 15) is 4.79 Å². The first kappa shape index (κ1) is 11.9. The summed E-state index contributed by atoms with van der Waals surface area (Å²) in [6.07, 6.45) is 0. The molecule has 0 unspecified atom stereocenters. The number of amides is 1. The number of anilines is 2. The van der Waals surface area contributed by atoms with Gasteiger partial charge in [0.1, 0.15) is 0 Å². The Balaban J connectivity index is 2.78. The molecule has 5 N–H and O–H groups in total. The third-order valence-corrected chi connectivity index (χ3v) is 2.08. The first-order valence-corrected chi connectivity index (χ1v) is 4.89. The number of nitrogen functional groups attached to an aromatic ring is 2. The fourth-order valence-electron chi connectivity index (χ4n) is 1.21. The molecule has 84 valence electrons. The summed E-state index contributed by atoms with van der Waals surface area (Å²) < 4.78 is 0. The summed E-state index contributed by atoms with van der Waals surface area (Å²) in [4.78, 5) is 10.6. The molecule has 0 radical (unpaired) electrons. The van der Waals surface area contributed by atoms with Crippen molar-refractivity contribution < 1.29 is 4.79 Å². The van der Waals surface area contributed by atoms with Crippen molar-refractivity contribution in [2.45, 2.75) is 13.8 Å². The van der Waals surface area contributed by atoms with Crippen molar-refractivity contribution in [3.8, 4) is 11.8 Å². The molecule has 16 heavy (non-hydrogen) atoms. The highest BCUT2D eigenvalue weighted by Crippen LogP contribution is 2.20. The minimum atomic E-state index is -0.0951. The van der Waals surface area contributed by atoms with Gasteiger partial charge in [0.2, 0.25) is 5.91 Å². The lowest BCUT2D eigenvalue weighted by molar-refractivity contribution is -0.118. The van der Waals surface area contributed by atoms with Gasteiger partial charge in [0, 0.05) is 12.5 Å². The number of benzene rings is 1. The molecule has 0 fully saturated rings. The van der Waals surface area contributed by atoms with Crippen molar-refractivity contribution in [3.05, 3.63) is 23.3 Å². The lowest BCUT2D eigenvalue weighted by atomic mass is 10.1. The summed E-state index contributed by atoms with van der Waals surface area (Å²) in [5.41, 5.74) is 14.3. The van der Waals surface area contributed by atoms with Crippen LogP contribution in [0, 0.1) is 18.8 Å². The maximum Gasteiger partial charge on any atom is 0.217 e. The van der Waals surface area contributed by atoms with E-state index in [1.807, 2.05) is 13.0 Å². The van der Waals surface area contributed by atoms with Crippen LogP contribution in [0.3, 0.4) is 0 Å². The van der Waals surface area contributed by atoms with E-state index in [1.54, 1.807) is 6.07 Å². The summed E-state index contributed by atoms with van der Waals surface area (Å²) >= 11 is 0. The largest absolute Gasteiger partial charge is 0.397 e. The standard InChI is InChI=1S/C12H15N3O/c1-8-6-10(7-11(13)12(8)14)4-3-5-15-9(2)16/h6-7H,5,13-14H2,1-2H3,(H,15,16). The van der Waals surface area contributed by atoms with Crippen molar-refractivity contribution in [2.24, 2.45) is 0 Å². The van der Waals surface area contributed by atoms with Crippen molar-refractivity contribution >= 4 is 17.3 Å². The van der Waals surface area contributed by atoms with Gasteiger partial charge < -0.3 is 16.8 Å². The van der Waals surface area contributed by atoms with E-state index in [-0.39, 0.29) is 5.91 Å². The number of aryl methyl sites for hydroxylation is 1. The first-order chi connectivity index (χ1) is 7.50. The molecule has 4 heteroatoms. The Morgan fingerprint density at radius 1 is 1.44 bits per heavy atom. The molecule has 0 aliphatic carbocycles. The van der Waals surface area contributed by atoms with Crippen LogP contribution in [0.15, 0.2) is 12.1 Å². The van der Waals surface area contributed by atoms with E-state index in [0.29, 0.717) is 17.9 Å². The van der Waals surface area contributed by atoms with Crippen molar-refractivity contribution in [1.82, 2.24) is 5.32 Å². The van der Waals surface area contributed by atoms with Gasteiger partial charge >= 0.3 is 0 Å². The topological polar surface area (TPSA) is 81.1 Å². The molecule has 1 aromatic rings. The summed E-state index contributed by atoms with van der Waals surface area (Å²) in [7, 11) is 0. The maximum absolute atomic E-state index is 10.6. The number of carbonyl (C=O) groups is 1. The molecular weight excluding hydrogens is 202 g/mol. The molecule has 1 rings (SSSR count). The summed E-state index contributed by atoms with van der Waals surface area (Å²) in [5.74, 6) is 5.64.